The molecule has 6 heteroatoms. The van der Waals surface area contributed by atoms with E-state index < -0.39 is 0 Å². The lowest BCUT2D eigenvalue weighted by molar-refractivity contribution is 0.0515. The number of hydrogen-bond donors (Lipinski definition) is 1. The second-order valence-corrected chi connectivity index (χ2v) is 9.04. The van der Waals surface area contributed by atoms with Crippen molar-refractivity contribution in [1.82, 2.24) is 10.2 Å². The van der Waals surface area contributed by atoms with Crippen LogP contribution in [0.4, 0.5) is 0 Å². The monoisotopic (exact) mass is 426 g/mol. The lowest BCUT2D eigenvalue weighted by atomic mass is 9.90. The molecule has 1 amide bonds. The zero-order valence-electron chi connectivity index (χ0n) is 16.9. The summed E-state index contributed by atoms with van der Waals surface area (Å²) in [7, 11) is 0. The molecule has 2 aromatic carbocycles. The number of ether oxygens (including phenoxy) is 2. The topological polar surface area (TPSA) is 50.8 Å². The van der Waals surface area contributed by atoms with Crippen molar-refractivity contribution in [3.8, 4) is 11.5 Å². The summed E-state index contributed by atoms with van der Waals surface area (Å²) in [4.78, 5) is 15.1. The number of nitrogens with zero attached hydrogens (tertiary/aromatic N) is 1. The normalized spacial score (nSPS) is 27.2. The lowest BCUT2D eigenvalue weighted by Gasteiger charge is -2.39. The number of benzene rings is 2. The molecule has 0 spiro atoms. The first-order valence-electron chi connectivity index (χ1n) is 10.8. The standard InChI is InChI=1S/C24H27ClN2O3/c25-18-6-9-22-23(12-18)30-21(15-29-22)14-26-13-16-10-19-7-8-20(11-16)27(19)24(28)17-4-2-1-3-5-17/h1-6,9,12,16,19-21,26H,7-8,10-11,13-15H2/t16?,19?,20?,21-/m0/s1. The van der Waals surface area contributed by atoms with Gasteiger partial charge in [0.25, 0.3) is 5.91 Å². The average molecular weight is 427 g/mol. The van der Waals surface area contributed by atoms with Crippen molar-refractivity contribution in [3.63, 3.8) is 0 Å². The summed E-state index contributed by atoms with van der Waals surface area (Å²) in [6, 6.07) is 15.9. The molecule has 2 saturated heterocycles. The third kappa shape index (κ3) is 4.01. The molecule has 2 unspecified atom stereocenters. The van der Waals surface area contributed by atoms with Gasteiger partial charge in [0.05, 0.1) is 0 Å². The number of halogens is 1. The minimum Gasteiger partial charge on any atom is -0.486 e. The summed E-state index contributed by atoms with van der Waals surface area (Å²) in [5.41, 5.74) is 0.806. The molecule has 5 rings (SSSR count). The van der Waals surface area contributed by atoms with Crippen LogP contribution >= 0.6 is 11.6 Å². The predicted octanol–water partition coefficient (Wildman–Crippen LogP) is 4.15. The van der Waals surface area contributed by atoms with E-state index in [1.165, 1.54) is 0 Å². The highest BCUT2D eigenvalue weighted by molar-refractivity contribution is 6.30. The molecule has 3 heterocycles. The van der Waals surface area contributed by atoms with Gasteiger partial charge in [-0.3, -0.25) is 4.79 Å². The number of nitrogens with one attached hydrogen (secondary N) is 1. The number of hydrogen-bond acceptors (Lipinski definition) is 4. The Morgan fingerprint density at radius 3 is 2.57 bits per heavy atom. The molecule has 0 radical (unpaired) electrons. The number of amides is 1. The van der Waals surface area contributed by atoms with Gasteiger partial charge < -0.3 is 19.7 Å². The predicted molar refractivity (Wildman–Crippen MR) is 116 cm³/mol. The largest absolute Gasteiger partial charge is 0.486 e. The van der Waals surface area contributed by atoms with Gasteiger partial charge in [0.15, 0.2) is 11.5 Å². The smallest absolute Gasteiger partial charge is 0.254 e. The Labute approximate surface area is 182 Å². The maximum Gasteiger partial charge on any atom is 0.254 e. The fourth-order valence-corrected chi connectivity index (χ4v) is 5.32. The van der Waals surface area contributed by atoms with Crippen LogP contribution < -0.4 is 14.8 Å². The highest BCUT2D eigenvalue weighted by Gasteiger charge is 2.43. The number of carbonyl (C=O) groups is 1. The van der Waals surface area contributed by atoms with E-state index in [2.05, 4.69) is 10.2 Å². The summed E-state index contributed by atoms with van der Waals surface area (Å²) < 4.78 is 11.8. The SMILES string of the molecule is O=C(c1ccccc1)N1C2CCC1CC(CNC[C@H]1COc3ccc(Cl)cc3O1)C2. The van der Waals surface area contributed by atoms with Gasteiger partial charge in [-0.2, -0.15) is 0 Å². The van der Waals surface area contributed by atoms with Crippen molar-refractivity contribution < 1.29 is 14.3 Å². The van der Waals surface area contributed by atoms with E-state index in [4.69, 9.17) is 21.1 Å². The number of fused-ring (bicyclic) bond motifs is 3. The zero-order chi connectivity index (χ0) is 20.5. The van der Waals surface area contributed by atoms with Crippen LogP contribution in [0.15, 0.2) is 48.5 Å². The maximum atomic E-state index is 13.0. The lowest BCUT2D eigenvalue weighted by Crippen LogP contribution is -2.48. The molecular weight excluding hydrogens is 400 g/mol. The van der Waals surface area contributed by atoms with E-state index in [1.807, 2.05) is 42.5 Å². The third-order valence-corrected chi connectivity index (χ3v) is 6.75. The zero-order valence-corrected chi connectivity index (χ0v) is 17.7. The molecule has 30 heavy (non-hydrogen) atoms. The number of piperidine rings is 1. The molecular formula is C24H27ClN2O3. The van der Waals surface area contributed by atoms with E-state index in [1.54, 1.807) is 6.07 Å². The molecule has 0 aromatic heterocycles. The molecule has 3 aliphatic rings. The summed E-state index contributed by atoms with van der Waals surface area (Å²) in [5, 5.41) is 4.22. The second-order valence-electron chi connectivity index (χ2n) is 8.60. The molecule has 3 atom stereocenters. The van der Waals surface area contributed by atoms with Gasteiger partial charge in [-0.05, 0) is 62.4 Å². The average Bonchev–Trinajstić information content (AvgIpc) is 3.03. The Kier molecular flexibility index (Phi) is 5.57. The Balaban J connectivity index is 1.12. The summed E-state index contributed by atoms with van der Waals surface area (Å²) in [6.45, 7) is 2.23. The van der Waals surface area contributed by atoms with Crippen molar-refractivity contribution in [2.75, 3.05) is 19.7 Å². The number of carbonyl (C=O) groups excluding carboxylic acids is 1. The first-order valence-corrected chi connectivity index (χ1v) is 11.2. The van der Waals surface area contributed by atoms with Crippen molar-refractivity contribution in [2.45, 2.75) is 43.9 Å². The molecule has 158 valence electrons. The summed E-state index contributed by atoms with van der Waals surface area (Å²) >= 11 is 6.06. The van der Waals surface area contributed by atoms with E-state index >= 15 is 0 Å². The fourth-order valence-electron chi connectivity index (χ4n) is 5.16. The Bertz CT molecular complexity index is 893. The highest BCUT2D eigenvalue weighted by Crippen LogP contribution is 2.39. The van der Waals surface area contributed by atoms with E-state index in [9.17, 15) is 4.79 Å². The van der Waals surface area contributed by atoms with Crippen LogP contribution in [-0.2, 0) is 0 Å². The summed E-state index contributed by atoms with van der Waals surface area (Å²) in [6.07, 6.45) is 4.37. The highest BCUT2D eigenvalue weighted by atomic mass is 35.5. The third-order valence-electron chi connectivity index (χ3n) is 6.52. The van der Waals surface area contributed by atoms with Crippen LogP contribution in [0, 0.1) is 5.92 Å². The van der Waals surface area contributed by atoms with Crippen molar-refractivity contribution in [2.24, 2.45) is 5.92 Å². The molecule has 0 aliphatic carbocycles. The van der Waals surface area contributed by atoms with Crippen molar-refractivity contribution in [3.05, 3.63) is 59.1 Å². The van der Waals surface area contributed by atoms with Crippen LogP contribution in [0.1, 0.15) is 36.0 Å². The van der Waals surface area contributed by atoms with Crippen LogP contribution in [0.25, 0.3) is 0 Å². The van der Waals surface area contributed by atoms with Gasteiger partial charge >= 0.3 is 0 Å². The molecule has 2 aromatic rings. The van der Waals surface area contributed by atoms with E-state index in [0.717, 1.165) is 50.1 Å². The van der Waals surface area contributed by atoms with Gasteiger partial charge in [0.1, 0.15) is 12.7 Å². The molecule has 1 N–H and O–H groups in total. The van der Waals surface area contributed by atoms with Gasteiger partial charge in [-0.1, -0.05) is 29.8 Å². The minimum atomic E-state index is -0.0209. The quantitative estimate of drug-likeness (QED) is 0.780. The first kappa shape index (κ1) is 19.7. The molecule has 2 bridgehead atoms. The molecule has 0 saturated carbocycles. The van der Waals surface area contributed by atoms with Crippen molar-refractivity contribution >= 4 is 17.5 Å². The van der Waals surface area contributed by atoms with E-state index in [-0.39, 0.29) is 12.0 Å². The summed E-state index contributed by atoms with van der Waals surface area (Å²) in [5.74, 6) is 2.25. The van der Waals surface area contributed by atoms with Gasteiger partial charge in [-0.25, -0.2) is 0 Å². The van der Waals surface area contributed by atoms with Gasteiger partial charge in [0, 0.05) is 35.3 Å². The Morgan fingerprint density at radius 1 is 1.03 bits per heavy atom. The van der Waals surface area contributed by atoms with Gasteiger partial charge in [0.2, 0.25) is 0 Å². The fraction of sp³-hybridized carbons (Fsp3) is 0.458. The second kappa shape index (κ2) is 8.48. The number of rotatable bonds is 5. The van der Waals surface area contributed by atoms with Crippen molar-refractivity contribution in [1.29, 1.82) is 0 Å². The van der Waals surface area contributed by atoms with Crippen LogP contribution in [0.5, 0.6) is 11.5 Å². The Morgan fingerprint density at radius 2 is 1.80 bits per heavy atom. The molecule has 2 fully saturated rings. The minimum absolute atomic E-state index is 0.0209. The molecule has 5 nitrogen and oxygen atoms in total. The first-order chi connectivity index (χ1) is 14.7. The van der Waals surface area contributed by atoms with E-state index in [0.29, 0.717) is 35.4 Å². The van der Waals surface area contributed by atoms with Crippen LogP contribution in [-0.4, -0.2) is 48.7 Å². The van der Waals surface area contributed by atoms with Crippen LogP contribution in [0.2, 0.25) is 5.02 Å². The maximum absolute atomic E-state index is 13.0. The Hall–Kier alpha value is -2.24. The van der Waals surface area contributed by atoms with Crippen LogP contribution in [0.3, 0.4) is 0 Å². The molecule has 3 aliphatic heterocycles. The van der Waals surface area contributed by atoms with Gasteiger partial charge in [-0.15, -0.1) is 0 Å².